The molecule has 0 saturated carbocycles. The fourth-order valence-electron chi connectivity index (χ4n) is 4.05. The highest BCUT2D eigenvalue weighted by Crippen LogP contribution is 2.36. The number of rotatable bonds is 7. The molecule has 0 unspecified atom stereocenters. The molecule has 2 aromatic rings. The molecular formula is C25H32N4O2. The number of benzene rings is 1. The molecule has 1 fully saturated rings. The van der Waals surface area contributed by atoms with Gasteiger partial charge in [-0.3, -0.25) is 9.88 Å². The number of carbonyl (C=O) groups is 1. The molecule has 0 amide bonds. The van der Waals surface area contributed by atoms with Gasteiger partial charge in [-0.2, -0.15) is 0 Å². The van der Waals surface area contributed by atoms with Gasteiger partial charge in [0.2, 0.25) is 0 Å². The maximum Gasteiger partial charge on any atom is 0.161 e. The summed E-state index contributed by atoms with van der Waals surface area (Å²) in [6.07, 6.45) is 6.15. The van der Waals surface area contributed by atoms with E-state index in [1.807, 2.05) is 26.1 Å². The van der Waals surface area contributed by atoms with E-state index in [1.54, 1.807) is 0 Å². The Morgan fingerprint density at radius 3 is 2.48 bits per heavy atom. The van der Waals surface area contributed by atoms with Crippen molar-refractivity contribution < 1.29 is 9.53 Å². The van der Waals surface area contributed by atoms with Gasteiger partial charge < -0.3 is 19.3 Å². The molecule has 2 aliphatic rings. The molecule has 0 radical (unpaired) electrons. The third-order valence-electron chi connectivity index (χ3n) is 5.93. The quantitative estimate of drug-likeness (QED) is 0.501. The van der Waals surface area contributed by atoms with Crippen LogP contribution in [0.2, 0.25) is 0 Å². The van der Waals surface area contributed by atoms with Crippen molar-refractivity contribution in [2.24, 2.45) is 0 Å². The normalized spacial score (nSPS) is 15.4. The Hall–Kier alpha value is -3.08. The largest absolute Gasteiger partial charge is 0.471 e. The molecule has 2 aliphatic heterocycles. The second-order valence-corrected chi connectivity index (χ2v) is 7.76. The minimum Gasteiger partial charge on any atom is -0.471 e. The van der Waals surface area contributed by atoms with Crippen LogP contribution in [-0.4, -0.2) is 62.7 Å². The first kappa shape index (κ1) is 22.6. The second kappa shape index (κ2) is 11.3. The molecule has 0 atom stereocenters. The van der Waals surface area contributed by atoms with Crippen LogP contribution in [0.4, 0.5) is 11.4 Å². The van der Waals surface area contributed by atoms with Gasteiger partial charge in [0.15, 0.2) is 6.73 Å². The summed E-state index contributed by atoms with van der Waals surface area (Å²) >= 11 is 0. The molecule has 0 bridgehead atoms. The lowest BCUT2D eigenvalue weighted by Gasteiger charge is -2.36. The summed E-state index contributed by atoms with van der Waals surface area (Å²) < 4.78 is 5.89. The van der Waals surface area contributed by atoms with Crippen LogP contribution in [0.25, 0.3) is 5.57 Å². The van der Waals surface area contributed by atoms with E-state index in [-0.39, 0.29) is 0 Å². The molecule has 1 saturated heterocycles. The maximum atomic E-state index is 8.00. The van der Waals surface area contributed by atoms with E-state index in [2.05, 4.69) is 62.3 Å². The topological polar surface area (TPSA) is 48.9 Å². The number of aromatic nitrogens is 1. The lowest BCUT2D eigenvalue weighted by atomic mass is 10.1. The van der Waals surface area contributed by atoms with Crippen LogP contribution in [0, 0.1) is 0 Å². The van der Waals surface area contributed by atoms with E-state index >= 15 is 0 Å². The van der Waals surface area contributed by atoms with Gasteiger partial charge in [0.05, 0.1) is 5.69 Å². The zero-order valence-corrected chi connectivity index (χ0v) is 18.4. The summed E-state index contributed by atoms with van der Waals surface area (Å²) in [6.45, 7) is 15.1. The number of unbranched alkanes of at least 4 members (excludes halogenated alkanes) is 1. The number of anilines is 2. The average Bonchev–Trinajstić information content (AvgIpc) is 3.25. The molecule has 164 valence electrons. The first-order valence-electron chi connectivity index (χ1n) is 10.8. The van der Waals surface area contributed by atoms with E-state index in [1.165, 1.54) is 30.8 Å². The van der Waals surface area contributed by atoms with Gasteiger partial charge in [0.1, 0.15) is 12.5 Å². The number of pyridine rings is 1. The highest BCUT2D eigenvalue weighted by Gasteiger charge is 2.21. The van der Waals surface area contributed by atoms with E-state index in [0.29, 0.717) is 6.73 Å². The van der Waals surface area contributed by atoms with Crippen molar-refractivity contribution in [3.63, 3.8) is 0 Å². The van der Waals surface area contributed by atoms with E-state index < -0.39 is 0 Å². The summed E-state index contributed by atoms with van der Waals surface area (Å²) in [5.74, 6) is 0.976. The SMILES string of the molecule is C=C=C(C)c1ccc2c(c1)OCN2CCCCN1CCN(c2ccncc2)CC1.C=O. The van der Waals surface area contributed by atoms with Gasteiger partial charge in [-0.15, -0.1) is 5.73 Å². The van der Waals surface area contributed by atoms with Crippen molar-refractivity contribution in [3.05, 3.63) is 60.6 Å². The summed E-state index contributed by atoms with van der Waals surface area (Å²) in [7, 11) is 0. The van der Waals surface area contributed by atoms with Crippen LogP contribution in [0.15, 0.2) is 55.0 Å². The lowest BCUT2D eigenvalue weighted by Crippen LogP contribution is -2.46. The van der Waals surface area contributed by atoms with Gasteiger partial charge in [0.25, 0.3) is 0 Å². The minimum absolute atomic E-state index is 0.653. The second-order valence-electron chi connectivity index (χ2n) is 7.76. The Morgan fingerprint density at radius 2 is 1.77 bits per heavy atom. The predicted octanol–water partition coefficient (Wildman–Crippen LogP) is 3.84. The van der Waals surface area contributed by atoms with Crippen LogP contribution in [0.5, 0.6) is 5.75 Å². The number of nitrogens with zero attached hydrogens (tertiary/aromatic N) is 4. The monoisotopic (exact) mass is 420 g/mol. The van der Waals surface area contributed by atoms with Crippen LogP contribution < -0.4 is 14.5 Å². The molecule has 0 N–H and O–H groups in total. The lowest BCUT2D eigenvalue weighted by molar-refractivity contribution is -0.0979. The van der Waals surface area contributed by atoms with Crippen molar-refractivity contribution in [1.82, 2.24) is 9.88 Å². The molecule has 1 aromatic heterocycles. The smallest absolute Gasteiger partial charge is 0.161 e. The predicted molar refractivity (Wildman–Crippen MR) is 127 cm³/mol. The van der Waals surface area contributed by atoms with Crippen LogP contribution in [-0.2, 0) is 4.79 Å². The Bertz CT molecular complexity index is 888. The molecule has 6 heteroatoms. The summed E-state index contributed by atoms with van der Waals surface area (Å²) in [5, 5.41) is 0. The van der Waals surface area contributed by atoms with Crippen molar-refractivity contribution in [3.8, 4) is 5.75 Å². The molecule has 4 rings (SSSR count). The number of hydrogen-bond donors (Lipinski definition) is 0. The molecule has 31 heavy (non-hydrogen) atoms. The molecule has 6 nitrogen and oxygen atoms in total. The van der Waals surface area contributed by atoms with E-state index in [0.717, 1.165) is 49.6 Å². The third-order valence-corrected chi connectivity index (χ3v) is 5.93. The van der Waals surface area contributed by atoms with Crippen LogP contribution >= 0.6 is 0 Å². The number of hydrogen-bond acceptors (Lipinski definition) is 6. The van der Waals surface area contributed by atoms with Gasteiger partial charge in [-0.25, -0.2) is 0 Å². The van der Waals surface area contributed by atoms with Crippen LogP contribution in [0.3, 0.4) is 0 Å². The molecule has 0 spiro atoms. The summed E-state index contributed by atoms with van der Waals surface area (Å²) in [4.78, 5) is 19.5. The molecule has 0 aliphatic carbocycles. The number of allylic oxidation sites excluding steroid dienone is 1. The molecule has 3 heterocycles. The zero-order chi connectivity index (χ0) is 22.1. The Balaban J connectivity index is 0.00000132. The highest BCUT2D eigenvalue weighted by atomic mass is 16.5. The third kappa shape index (κ3) is 5.75. The van der Waals surface area contributed by atoms with Gasteiger partial charge in [0, 0.05) is 50.8 Å². The molecule has 1 aromatic carbocycles. The van der Waals surface area contributed by atoms with Gasteiger partial charge >= 0.3 is 0 Å². The minimum atomic E-state index is 0.653. The maximum absolute atomic E-state index is 8.00. The summed E-state index contributed by atoms with van der Waals surface area (Å²) in [5.41, 5.74) is 7.63. The number of fused-ring (bicyclic) bond motifs is 1. The van der Waals surface area contributed by atoms with Crippen molar-refractivity contribution in [1.29, 1.82) is 0 Å². The molecular weight excluding hydrogens is 388 g/mol. The number of piperazine rings is 1. The van der Waals surface area contributed by atoms with Crippen molar-refractivity contribution in [2.75, 3.05) is 55.8 Å². The Kier molecular flexibility index (Phi) is 8.27. The Labute approximate surface area is 185 Å². The van der Waals surface area contributed by atoms with Gasteiger partial charge in [-0.1, -0.05) is 12.6 Å². The van der Waals surface area contributed by atoms with Crippen LogP contribution in [0.1, 0.15) is 25.3 Å². The first-order valence-corrected chi connectivity index (χ1v) is 10.8. The Morgan fingerprint density at radius 1 is 1.06 bits per heavy atom. The standard InChI is InChI=1S/C24H30N4O.CH2O/c1-3-20(2)21-6-7-23-24(18-21)29-19-28(23)13-5-4-12-26-14-16-27(17-15-26)22-8-10-25-11-9-22;1-2/h6-11,18H,1,4-5,12-17,19H2,2H3;1H2. The highest BCUT2D eigenvalue weighted by molar-refractivity contribution is 5.71. The zero-order valence-electron chi connectivity index (χ0n) is 18.4. The van der Waals surface area contributed by atoms with E-state index in [9.17, 15) is 0 Å². The number of carbonyl (C=O) groups excluding carboxylic acids is 1. The van der Waals surface area contributed by atoms with E-state index in [4.69, 9.17) is 9.53 Å². The summed E-state index contributed by atoms with van der Waals surface area (Å²) in [6, 6.07) is 10.6. The van der Waals surface area contributed by atoms with Gasteiger partial charge in [-0.05, 0) is 61.7 Å². The fraction of sp³-hybridized carbons (Fsp3) is 0.400. The van der Waals surface area contributed by atoms with Crippen molar-refractivity contribution in [2.45, 2.75) is 19.8 Å². The van der Waals surface area contributed by atoms with Crippen molar-refractivity contribution >= 4 is 23.7 Å². The number of ether oxygens (including phenoxy) is 1. The first-order chi connectivity index (χ1) is 15.2. The fourth-order valence-corrected chi connectivity index (χ4v) is 4.05. The average molecular weight is 421 g/mol.